The van der Waals surface area contributed by atoms with Crippen LogP contribution in [-0.2, 0) is 4.74 Å². The molecule has 1 aliphatic carbocycles. The summed E-state index contributed by atoms with van der Waals surface area (Å²) < 4.78 is 7.51. The lowest BCUT2D eigenvalue weighted by molar-refractivity contribution is -0.0432. The number of aliphatic hydroxyl groups excluding tert-OH is 3. The molecule has 0 radical (unpaired) electrons. The predicted octanol–water partition coefficient (Wildman–Crippen LogP) is 2.33. The van der Waals surface area contributed by atoms with Crippen LogP contribution in [0, 0.1) is 0 Å². The first-order valence-corrected chi connectivity index (χ1v) is 10.9. The van der Waals surface area contributed by atoms with Gasteiger partial charge in [0.1, 0.15) is 24.8 Å². The molecule has 0 bridgehead atoms. The molecule has 0 spiro atoms. The Labute approximate surface area is 189 Å². The first kappa shape index (κ1) is 20.3. The Hall–Kier alpha value is -3.37. The van der Waals surface area contributed by atoms with E-state index < -0.39 is 30.6 Å². The molecule has 4 N–H and O–H groups in total. The van der Waals surface area contributed by atoms with E-state index in [0.29, 0.717) is 23.4 Å². The van der Waals surface area contributed by atoms with E-state index >= 15 is 0 Å². The topological polar surface area (TPSA) is 126 Å². The third kappa shape index (κ3) is 3.20. The van der Waals surface area contributed by atoms with Gasteiger partial charge in [-0.05, 0) is 22.3 Å². The van der Waals surface area contributed by atoms with Gasteiger partial charge in [-0.1, -0.05) is 48.5 Å². The summed E-state index contributed by atoms with van der Waals surface area (Å²) in [4.78, 5) is 13.3. The number of nitrogens with one attached hydrogen (secondary N) is 1. The van der Waals surface area contributed by atoms with Gasteiger partial charge in [0.25, 0.3) is 0 Å². The predicted molar refractivity (Wildman–Crippen MR) is 120 cm³/mol. The minimum Gasteiger partial charge on any atom is -0.394 e. The Morgan fingerprint density at radius 1 is 0.970 bits per heavy atom. The summed E-state index contributed by atoms with van der Waals surface area (Å²) >= 11 is 0. The molecule has 9 nitrogen and oxygen atoms in total. The van der Waals surface area contributed by atoms with Crippen LogP contribution >= 0.6 is 0 Å². The van der Waals surface area contributed by atoms with Crippen molar-refractivity contribution >= 4 is 17.0 Å². The van der Waals surface area contributed by atoms with Crippen LogP contribution in [0.4, 0.5) is 5.82 Å². The van der Waals surface area contributed by atoms with Gasteiger partial charge in [0.15, 0.2) is 17.0 Å². The van der Waals surface area contributed by atoms with Crippen molar-refractivity contribution in [2.24, 2.45) is 0 Å². The summed E-state index contributed by atoms with van der Waals surface area (Å²) in [6.07, 6.45) is 0.704. The van der Waals surface area contributed by atoms with Crippen molar-refractivity contribution in [2.45, 2.75) is 37.0 Å². The van der Waals surface area contributed by atoms with Gasteiger partial charge in [-0.3, -0.25) is 4.57 Å². The fraction of sp³-hybridized carbons (Fsp3) is 0.292. The Morgan fingerprint density at radius 3 is 2.45 bits per heavy atom. The van der Waals surface area contributed by atoms with Crippen LogP contribution in [0.2, 0.25) is 0 Å². The molecule has 0 unspecified atom stereocenters. The van der Waals surface area contributed by atoms with Crippen LogP contribution in [0.15, 0.2) is 61.2 Å². The van der Waals surface area contributed by atoms with E-state index in [1.807, 2.05) is 42.5 Å². The van der Waals surface area contributed by atoms with Crippen molar-refractivity contribution in [1.82, 2.24) is 19.5 Å². The standard InChI is InChI=1S/C24H23N5O4/c30-10-18-17(31)9-19(33-18)29-12-27-21-23(25-11-26-24(21)29)28-20-15-7-3-1-5-13(15)14-6-2-4-8-16(14)22(20)32/h1-8,11-12,17-20,22,30-32H,9-10H2,(H,25,26,28)/t17-,18+,19+,20+,22-/m0/s1. The molecular weight excluding hydrogens is 422 g/mol. The second kappa shape index (κ2) is 7.89. The first-order chi connectivity index (χ1) is 16.2. The summed E-state index contributed by atoms with van der Waals surface area (Å²) in [5.41, 5.74) is 4.99. The van der Waals surface area contributed by atoms with E-state index in [-0.39, 0.29) is 6.61 Å². The smallest absolute Gasteiger partial charge is 0.167 e. The van der Waals surface area contributed by atoms with E-state index in [1.165, 1.54) is 6.33 Å². The van der Waals surface area contributed by atoms with Crippen molar-refractivity contribution < 1.29 is 20.1 Å². The summed E-state index contributed by atoms with van der Waals surface area (Å²) in [6, 6.07) is 15.4. The quantitative estimate of drug-likeness (QED) is 0.377. The van der Waals surface area contributed by atoms with E-state index in [9.17, 15) is 15.3 Å². The van der Waals surface area contributed by atoms with Crippen LogP contribution in [0.1, 0.15) is 35.9 Å². The Balaban J connectivity index is 1.38. The number of aliphatic hydroxyl groups is 3. The molecular formula is C24H23N5O4. The highest BCUT2D eigenvalue weighted by Crippen LogP contribution is 2.45. The van der Waals surface area contributed by atoms with Crippen LogP contribution in [0.5, 0.6) is 0 Å². The average Bonchev–Trinajstić information content (AvgIpc) is 3.45. The number of benzene rings is 2. The van der Waals surface area contributed by atoms with Gasteiger partial charge in [-0.15, -0.1) is 0 Å². The molecule has 6 rings (SSSR count). The second-order valence-corrected chi connectivity index (χ2v) is 8.40. The fourth-order valence-corrected chi connectivity index (χ4v) is 4.89. The summed E-state index contributed by atoms with van der Waals surface area (Å²) in [7, 11) is 0. The molecule has 2 aromatic heterocycles. The van der Waals surface area contributed by atoms with Crippen LogP contribution in [-0.4, -0.2) is 53.7 Å². The van der Waals surface area contributed by atoms with Gasteiger partial charge in [-0.25, -0.2) is 15.0 Å². The Morgan fingerprint density at radius 2 is 1.70 bits per heavy atom. The van der Waals surface area contributed by atoms with Crippen molar-refractivity contribution in [2.75, 3.05) is 11.9 Å². The lowest BCUT2D eigenvalue weighted by atomic mass is 9.80. The lowest BCUT2D eigenvalue weighted by Gasteiger charge is -2.33. The van der Waals surface area contributed by atoms with Gasteiger partial charge in [0, 0.05) is 6.42 Å². The summed E-state index contributed by atoms with van der Waals surface area (Å²) in [5.74, 6) is 0.495. The number of imidazole rings is 1. The zero-order chi connectivity index (χ0) is 22.5. The highest BCUT2D eigenvalue weighted by Gasteiger charge is 2.36. The van der Waals surface area contributed by atoms with E-state index in [2.05, 4.69) is 26.3 Å². The molecule has 33 heavy (non-hydrogen) atoms. The molecule has 9 heteroatoms. The molecule has 2 aromatic carbocycles. The molecule has 3 heterocycles. The number of fused-ring (bicyclic) bond motifs is 4. The second-order valence-electron chi connectivity index (χ2n) is 8.40. The number of hydrogen-bond donors (Lipinski definition) is 4. The van der Waals surface area contributed by atoms with Gasteiger partial charge in [-0.2, -0.15) is 0 Å². The zero-order valence-corrected chi connectivity index (χ0v) is 17.6. The number of rotatable bonds is 4. The minimum absolute atomic E-state index is 0.257. The number of anilines is 1. The molecule has 1 aliphatic heterocycles. The molecule has 0 amide bonds. The molecule has 168 valence electrons. The van der Waals surface area contributed by atoms with Gasteiger partial charge in [0.2, 0.25) is 0 Å². The molecule has 5 atom stereocenters. The highest BCUT2D eigenvalue weighted by atomic mass is 16.5. The van der Waals surface area contributed by atoms with Crippen LogP contribution in [0.3, 0.4) is 0 Å². The highest BCUT2D eigenvalue weighted by molar-refractivity contribution is 5.84. The van der Waals surface area contributed by atoms with Crippen molar-refractivity contribution in [3.05, 3.63) is 72.3 Å². The third-order valence-electron chi connectivity index (χ3n) is 6.53. The molecule has 0 saturated carbocycles. The average molecular weight is 445 g/mol. The van der Waals surface area contributed by atoms with E-state index in [0.717, 1.165) is 22.3 Å². The van der Waals surface area contributed by atoms with E-state index in [1.54, 1.807) is 10.9 Å². The van der Waals surface area contributed by atoms with Crippen molar-refractivity contribution in [3.8, 4) is 11.1 Å². The summed E-state index contributed by atoms with van der Waals surface area (Å²) in [5, 5.41) is 34.2. The largest absolute Gasteiger partial charge is 0.394 e. The Kier molecular flexibility index (Phi) is 4.84. The van der Waals surface area contributed by atoms with Crippen LogP contribution in [0.25, 0.3) is 22.3 Å². The molecule has 4 aromatic rings. The van der Waals surface area contributed by atoms with Crippen molar-refractivity contribution in [1.29, 1.82) is 0 Å². The molecule has 1 saturated heterocycles. The third-order valence-corrected chi connectivity index (χ3v) is 6.53. The number of ether oxygens (including phenoxy) is 1. The molecule has 1 fully saturated rings. The number of hydrogen-bond acceptors (Lipinski definition) is 8. The Bertz CT molecular complexity index is 1330. The SMILES string of the molecule is OC[C@H]1O[C@@H](n2cnc3c(N[C@@H]4c5ccccc5-c5ccccc5[C@@H]4O)ncnc32)C[C@@H]1O. The first-order valence-electron chi connectivity index (χ1n) is 10.9. The maximum atomic E-state index is 11.3. The van der Waals surface area contributed by atoms with Crippen molar-refractivity contribution in [3.63, 3.8) is 0 Å². The monoisotopic (exact) mass is 445 g/mol. The maximum absolute atomic E-state index is 11.3. The minimum atomic E-state index is -0.776. The number of aromatic nitrogens is 4. The zero-order valence-electron chi connectivity index (χ0n) is 17.6. The van der Waals surface area contributed by atoms with Gasteiger partial charge in [0.05, 0.1) is 25.1 Å². The van der Waals surface area contributed by atoms with Crippen LogP contribution < -0.4 is 5.32 Å². The molecule has 2 aliphatic rings. The van der Waals surface area contributed by atoms with E-state index in [4.69, 9.17) is 4.74 Å². The maximum Gasteiger partial charge on any atom is 0.167 e. The lowest BCUT2D eigenvalue weighted by Crippen LogP contribution is -2.24. The van der Waals surface area contributed by atoms with Gasteiger partial charge < -0.3 is 25.4 Å². The number of nitrogens with zero attached hydrogens (tertiary/aromatic N) is 4. The fourth-order valence-electron chi connectivity index (χ4n) is 4.89. The summed E-state index contributed by atoms with van der Waals surface area (Å²) in [6.45, 7) is -0.257. The van der Waals surface area contributed by atoms with Gasteiger partial charge >= 0.3 is 0 Å². The normalized spacial score (nSPS) is 26.2.